The van der Waals surface area contributed by atoms with Crippen LogP contribution in [0.4, 0.5) is 4.39 Å². The van der Waals surface area contributed by atoms with Crippen molar-refractivity contribution in [1.29, 1.82) is 0 Å². The zero-order valence-electron chi connectivity index (χ0n) is 9.73. The number of fused-ring (bicyclic) bond motifs is 1. The topological polar surface area (TPSA) is 29.5 Å². The van der Waals surface area contributed by atoms with E-state index < -0.39 is 6.10 Å². The van der Waals surface area contributed by atoms with E-state index in [1.54, 1.807) is 12.3 Å². The van der Waals surface area contributed by atoms with Crippen LogP contribution in [0.3, 0.4) is 0 Å². The van der Waals surface area contributed by atoms with Gasteiger partial charge in [0, 0.05) is 9.58 Å². The molecule has 0 spiro atoms. The van der Waals surface area contributed by atoms with Crippen LogP contribution in [0.5, 0.6) is 0 Å². The van der Waals surface area contributed by atoms with Gasteiger partial charge < -0.3 is 9.84 Å². The molecule has 1 N–H and O–H groups in total. The minimum Gasteiger partial charge on any atom is -0.501 e. The maximum atomic E-state index is 13.1. The first-order chi connectivity index (χ1) is 8.74. The standard InChI is InChI=1S/C14H13FO2S/c15-11-3-4-12-10(6-11)7-13(18-12)14(16)9-2-1-5-17-8-9/h3-4,6-8,14,16H,1-2,5H2. The van der Waals surface area contributed by atoms with Crippen molar-refractivity contribution >= 4 is 21.4 Å². The van der Waals surface area contributed by atoms with Crippen molar-refractivity contribution < 1.29 is 14.2 Å². The molecular formula is C14H13FO2S. The van der Waals surface area contributed by atoms with Crippen molar-refractivity contribution in [2.24, 2.45) is 0 Å². The SMILES string of the molecule is OC(C1=COCCC1)c1cc2cc(F)ccc2s1. The highest BCUT2D eigenvalue weighted by molar-refractivity contribution is 7.19. The summed E-state index contributed by atoms with van der Waals surface area (Å²) in [6, 6.07) is 6.53. The fourth-order valence-corrected chi connectivity index (χ4v) is 3.21. The van der Waals surface area contributed by atoms with E-state index in [9.17, 15) is 9.50 Å². The molecule has 2 heterocycles. The molecule has 0 bridgehead atoms. The molecule has 1 aliphatic rings. The van der Waals surface area contributed by atoms with Gasteiger partial charge in [0.05, 0.1) is 12.9 Å². The molecule has 2 nitrogen and oxygen atoms in total. The van der Waals surface area contributed by atoms with E-state index in [0.717, 1.165) is 33.4 Å². The molecule has 3 rings (SSSR count). The second kappa shape index (κ2) is 4.71. The van der Waals surface area contributed by atoms with Crippen molar-refractivity contribution in [2.75, 3.05) is 6.61 Å². The van der Waals surface area contributed by atoms with Gasteiger partial charge in [-0.05, 0) is 48.1 Å². The minimum absolute atomic E-state index is 0.249. The van der Waals surface area contributed by atoms with E-state index in [-0.39, 0.29) is 5.82 Å². The zero-order valence-corrected chi connectivity index (χ0v) is 10.5. The number of benzene rings is 1. The van der Waals surface area contributed by atoms with Crippen LogP contribution < -0.4 is 0 Å². The number of hydrogen-bond donors (Lipinski definition) is 1. The van der Waals surface area contributed by atoms with Crippen LogP contribution in [-0.2, 0) is 4.74 Å². The van der Waals surface area contributed by atoms with Crippen molar-refractivity contribution in [3.8, 4) is 0 Å². The quantitative estimate of drug-likeness (QED) is 0.894. The summed E-state index contributed by atoms with van der Waals surface area (Å²) >= 11 is 1.49. The summed E-state index contributed by atoms with van der Waals surface area (Å²) in [7, 11) is 0. The lowest BCUT2D eigenvalue weighted by molar-refractivity contribution is 0.172. The van der Waals surface area contributed by atoms with E-state index in [4.69, 9.17) is 4.74 Å². The summed E-state index contributed by atoms with van der Waals surface area (Å²) in [6.07, 6.45) is 2.80. The van der Waals surface area contributed by atoms with E-state index in [2.05, 4.69) is 0 Å². The van der Waals surface area contributed by atoms with E-state index in [1.165, 1.54) is 23.5 Å². The largest absolute Gasteiger partial charge is 0.501 e. The second-order valence-corrected chi connectivity index (χ2v) is 5.52. The van der Waals surface area contributed by atoms with Crippen LogP contribution in [-0.4, -0.2) is 11.7 Å². The summed E-state index contributed by atoms with van der Waals surface area (Å²) in [6.45, 7) is 0.716. The normalized spacial score (nSPS) is 17.3. The fraction of sp³-hybridized carbons (Fsp3) is 0.286. The Balaban J connectivity index is 1.96. The summed E-state index contributed by atoms with van der Waals surface area (Å²) in [5.41, 5.74) is 0.897. The molecule has 1 atom stereocenters. The highest BCUT2D eigenvalue weighted by Gasteiger charge is 2.18. The van der Waals surface area contributed by atoms with Crippen molar-refractivity contribution in [2.45, 2.75) is 18.9 Å². The lowest BCUT2D eigenvalue weighted by atomic mass is 10.0. The third kappa shape index (κ3) is 2.13. The van der Waals surface area contributed by atoms with Gasteiger partial charge in [-0.1, -0.05) is 0 Å². The maximum absolute atomic E-state index is 13.1. The molecule has 0 amide bonds. The Labute approximate surface area is 108 Å². The minimum atomic E-state index is -0.634. The van der Waals surface area contributed by atoms with Crippen LogP contribution in [0.15, 0.2) is 36.1 Å². The van der Waals surface area contributed by atoms with E-state index >= 15 is 0 Å². The van der Waals surface area contributed by atoms with Crippen LogP contribution >= 0.6 is 11.3 Å². The summed E-state index contributed by atoms with van der Waals surface area (Å²) in [5, 5.41) is 11.1. The Hall–Kier alpha value is -1.39. The number of hydrogen-bond acceptors (Lipinski definition) is 3. The number of ether oxygens (including phenoxy) is 1. The van der Waals surface area contributed by atoms with E-state index in [0.29, 0.717) is 6.61 Å². The summed E-state index contributed by atoms with van der Waals surface area (Å²) in [5.74, 6) is -0.249. The Morgan fingerprint density at radius 1 is 1.33 bits per heavy atom. The number of rotatable bonds is 2. The van der Waals surface area contributed by atoms with Gasteiger partial charge in [-0.25, -0.2) is 4.39 Å². The lowest BCUT2D eigenvalue weighted by Gasteiger charge is -2.17. The third-order valence-electron chi connectivity index (χ3n) is 3.08. The molecule has 0 saturated carbocycles. The predicted octanol–water partition coefficient (Wildman–Crippen LogP) is 3.77. The first-order valence-corrected chi connectivity index (χ1v) is 6.73. The monoisotopic (exact) mass is 264 g/mol. The molecular weight excluding hydrogens is 251 g/mol. The smallest absolute Gasteiger partial charge is 0.123 e. The molecule has 0 radical (unpaired) electrons. The lowest BCUT2D eigenvalue weighted by Crippen LogP contribution is -2.06. The Bertz CT molecular complexity index is 603. The Morgan fingerprint density at radius 2 is 2.22 bits per heavy atom. The van der Waals surface area contributed by atoms with Gasteiger partial charge >= 0.3 is 0 Å². The molecule has 4 heteroatoms. The first-order valence-electron chi connectivity index (χ1n) is 5.91. The number of halogens is 1. The van der Waals surface area contributed by atoms with Gasteiger partial charge in [-0.15, -0.1) is 11.3 Å². The van der Waals surface area contributed by atoms with Gasteiger partial charge in [0.25, 0.3) is 0 Å². The van der Waals surface area contributed by atoms with Gasteiger partial charge in [0.1, 0.15) is 11.9 Å². The van der Waals surface area contributed by atoms with Gasteiger partial charge in [-0.3, -0.25) is 0 Å². The van der Waals surface area contributed by atoms with Crippen LogP contribution in [0.1, 0.15) is 23.8 Å². The molecule has 0 fully saturated rings. The predicted molar refractivity (Wildman–Crippen MR) is 70.0 cm³/mol. The average Bonchev–Trinajstić information content (AvgIpc) is 2.81. The van der Waals surface area contributed by atoms with E-state index in [1.807, 2.05) is 6.07 Å². The van der Waals surface area contributed by atoms with Crippen molar-refractivity contribution in [1.82, 2.24) is 0 Å². The van der Waals surface area contributed by atoms with Gasteiger partial charge in [0.15, 0.2) is 0 Å². The summed E-state index contributed by atoms with van der Waals surface area (Å²) in [4.78, 5) is 0.840. The molecule has 1 aromatic heterocycles. The molecule has 2 aromatic rings. The molecule has 94 valence electrons. The number of thiophene rings is 1. The highest BCUT2D eigenvalue weighted by atomic mass is 32.1. The summed E-state index contributed by atoms with van der Waals surface area (Å²) < 4.78 is 19.3. The number of aliphatic hydroxyl groups is 1. The van der Waals surface area contributed by atoms with Gasteiger partial charge in [-0.2, -0.15) is 0 Å². The first kappa shape index (κ1) is 11.7. The van der Waals surface area contributed by atoms with Crippen LogP contribution in [0.2, 0.25) is 0 Å². The molecule has 18 heavy (non-hydrogen) atoms. The molecule has 1 unspecified atom stereocenters. The Kier molecular flexibility index (Phi) is 3.06. The van der Waals surface area contributed by atoms with Crippen molar-refractivity contribution in [3.63, 3.8) is 0 Å². The second-order valence-electron chi connectivity index (χ2n) is 4.40. The third-order valence-corrected chi connectivity index (χ3v) is 4.25. The average molecular weight is 264 g/mol. The Morgan fingerprint density at radius 3 is 3.00 bits per heavy atom. The molecule has 1 aliphatic heterocycles. The maximum Gasteiger partial charge on any atom is 0.123 e. The fourth-order valence-electron chi connectivity index (χ4n) is 2.14. The van der Waals surface area contributed by atoms with Gasteiger partial charge in [0.2, 0.25) is 0 Å². The number of aliphatic hydroxyl groups excluding tert-OH is 1. The zero-order chi connectivity index (χ0) is 12.5. The molecule has 0 aliphatic carbocycles. The van der Waals surface area contributed by atoms with Crippen LogP contribution in [0.25, 0.3) is 10.1 Å². The van der Waals surface area contributed by atoms with Crippen molar-refractivity contribution in [3.05, 3.63) is 46.8 Å². The van der Waals surface area contributed by atoms with Crippen LogP contribution in [0, 0.1) is 5.82 Å². The molecule has 1 aromatic carbocycles. The molecule has 0 saturated heterocycles. The highest BCUT2D eigenvalue weighted by Crippen LogP contribution is 2.35.